The monoisotopic (exact) mass is 209 g/mol. The highest BCUT2D eigenvalue weighted by Gasteiger charge is 2.25. The first-order valence-electron chi connectivity index (χ1n) is 5.66. The largest absolute Gasteiger partial charge is 0.374 e. The zero-order valence-electron chi connectivity index (χ0n) is 9.04. The van der Waals surface area contributed by atoms with Crippen LogP contribution in [0, 0.1) is 5.92 Å². The first kappa shape index (κ1) is 10.5. The van der Waals surface area contributed by atoms with E-state index < -0.39 is 0 Å². The van der Waals surface area contributed by atoms with E-state index in [0.29, 0.717) is 5.92 Å². The normalized spacial score (nSPS) is 30.5. The molecule has 1 fully saturated rings. The standard InChI is InChI=1S/C11H19N3O/c1-2-10-9(4-7-15-10)8-14-11-12-5-3-6-13-11/h2,9-10H,1,3-8H2,(H2,12,13,14)/t9-,10-/m0/s1. The van der Waals surface area contributed by atoms with Gasteiger partial charge >= 0.3 is 0 Å². The summed E-state index contributed by atoms with van der Waals surface area (Å²) in [6.45, 7) is 7.52. The van der Waals surface area contributed by atoms with Crippen LogP contribution in [0.4, 0.5) is 0 Å². The number of nitrogens with zero attached hydrogens (tertiary/aromatic N) is 1. The van der Waals surface area contributed by atoms with Gasteiger partial charge in [-0.1, -0.05) is 6.08 Å². The molecular weight excluding hydrogens is 190 g/mol. The van der Waals surface area contributed by atoms with Crippen molar-refractivity contribution in [1.82, 2.24) is 10.6 Å². The Morgan fingerprint density at radius 2 is 2.60 bits per heavy atom. The summed E-state index contributed by atoms with van der Waals surface area (Å²) in [5, 5.41) is 6.59. The van der Waals surface area contributed by atoms with Crippen molar-refractivity contribution in [1.29, 1.82) is 0 Å². The van der Waals surface area contributed by atoms with E-state index in [-0.39, 0.29) is 6.10 Å². The van der Waals surface area contributed by atoms with Crippen LogP contribution in [0.1, 0.15) is 12.8 Å². The summed E-state index contributed by atoms with van der Waals surface area (Å²) >= 11 is 0. The van der Waals surface area contributed by atoms with E-state index in [1.807, 2.05) is 6.08 Å². The lowest BCUT2D eigenvalue weighted by molar-refractivity contribution is 0.128. The molecule has 0 spiro atoms. The molecular formula is C11H19N3O. The maximum Gasteiger partial charge on any atom is 0.191 e. The van der Waals surface area contributed by atoms with Gasteiger partial charge in [-0.25, -0.2) is 0 Å². The molecule has 0 saturated carbocycles. The van der Waals surface area contributed by atoms with E-state index in [2.05, 4.69) is 22.2 Å². The highest BCUT2D eigenvalue weighted by atomic mass is 16.5. The van der Waals surface area contributed by atoms with Crippen molar-refractivity contribution in [2.45, 2.75) is 18.9 Å². The Kier molecular flexibility index (Phi) is 3.61. The Morgan fingerprint density at radius 1 is 1.67 bits per heavy atom. The predicted molar refractivity (Wildman–Crippen MR) is 61.0 cm³/mol. The second kappa shape index (κ2) is 5.16. The summed E-state index contributed by atoms with van der Waals surface area (Å²) in [7, 11) is 0. The molecule has 0 unspecified atom stereocenters. The van der Waals surface area contributed by atoms with Crippen LogP contribution < -0.4 is 10.6 Å². The zero-order chi connectivity index (χ0) is 10.5. The smallest absolute Gasteiger partial charge is 0.191 e. The number of rotatable bonds is 3. The average molecular weight is 209 g/mol. The third kappa shape index (κ3) is 2.72. The Bertz CT molecular complexity index is 252. The van der Waals surface area contributed by atoms with E-state index >= 15 is 0 Å². The summed E-state index contributed by atoms with van der Waals surface area (Å²) < 4.78 is 5.54. The lowest BCUT2D eigenvalue weighted by Crippen LogP contribution is -2.43. The summed E-state index contributed by atoms with van der Waals surface area (Å²) in [5.41, 5.74) is 0. The van der Waals surface area contributed by atoms with Crippen molar-refractivity contribution in [3.63, 3.8) is 0 Å². The van der Waals surface area contributed by atoms with Gasteiger partial charge in [0.1, 0.15) is 0 Å². The SMILES string of the molecule is C=C[C@@H]1OCC[C@H]1CNC1=NCCCN1. The van der Waals surface area contributed by atoms with E-state index in [0.717, 1.165) is 45.0 Å². The minimum absolute atomic E-state index is 0.210. The minimum atomic E-state index is 0.210. The average Bonchev–Trinajstić information content (AvgIpc) is 2.75. The van der Waals surface area contributed by atoms with Crippen LogP contribution in [0.5, 0.6) is 0 Å². The molecule has 0 aromatic rings. The summed E-state index contributed by atoms with van der Waals surface area (Å²) in [5.74, 6) is 1.48. The van der Waals surface area contributed by atoms with E-state index in [1.165, 1.54) is 0 Å². The van der Waals surface area contributed by atoms with Gasteiger partial charge in [-0.15, -0.1) is 6.58 Å². The highest BCUT2D eigenvalue weighted by molar-refractivity contribution is 5.80. The molecule has 2 aliphatic rings. The molecule has 1 saturated heterocycles. The second-order valence-electron chi connectivity index (χ2n) is 4.01. The third-order valence-corrected chi connectivity index (χ3v) is 2.92. The van der Waals surface area contributed by atoms with Crippen molar-refractivity contribution < 1.29 is 4.74 Å². The molecule has 2 atom stereocenters. The molecule has 0 bridgehead atoms. The summed E-state index contributed by atoms with van der Waals surface area (Å²) in [4.78, 5) is 4.37. The topological polar surface area (TPSA) is 45.6 Å². The lowest BCUT2D eigenvalue weighted by atomic mass is 10.0. The van der Waals surface area contributed by atoms with Gasteiger partial charge in [-0.2, -0.15) is 0 Å². The quantitative estimate of drug-likeness (QED) is 0.666. The predicted octanol–water partition coefficient (Wildman–Crippen LogP) is 0.516. The summed E-state index contributed by atoms with van der Waals surface area (Å²) in [6.07, 6.45) is 4.35. The van der Waals surface area contributed by atoms with Gasteiger partial charge in [-0.3, -0.25) is 4.99 Å². The molecule has 2 rings (SSSR count). The van der Waals surface area contributed by atoms with Crippen LogP contribution in [0.15, 0.2) is 17.6 Å². The molecule has 0 aromatic heterocycles. The van der Waals surface area contributed by atoms with Gasteiger partial charge in [0, 0.05) is 32.2 Å². The van der Waals surface area contributed by atoms with Crippen LogP contribution in [-0.4, -0.2) is 38.3 Å². The third-order valence-electron chi connectivity index (χ3n) is 2.92. The fourth-order valence-corrected chi connectivity index (χ4v) is 2.01. The Hall–Kier alpha value is -1.03. The first-order valence-corrected chi connectivity index (χ1v) is 5.66. The molecule has 0 aromatic carbocycles. The maximum absolute atomic E-state index is 5.54. The summed E-state index contributed by atoms with van der Waals surface area (Å²) in [6, 6.07) is 0. The number of hydrogen-bond acceptors (Lipinski definition) is 4. The van der Waals surface area contributed by atoms with Gasteiger partial charge in [0.25, 0.3) is 0 Å². The van der Waals surface area contributed by atoms with Gasteiger partial charge in [0.15, 0.2) is 5.96 Å². The van der Waals surface area contributed by atoms with Crippen molar-refractivity contribution in [3.8, 4) is 0 Å². The van der Waals surface area contributed by atoms with E-state index in [9.17, 15) is 0 Å². The zero-order valence-corrected chi connectivity index (χ0v) is 9.04. The fraction of sp³-hybridized carbons (Fsp3) is 0.727. The van der Waals surface area contributed by atoms with Crippen molar-refractivity contribution in [3.05, 3.63) is 12.7 Å². The second-order valence-corrected chi connectivity index (χ2v) is 4.01. The van der Waals surface area contributed by atoms with Crippen molar-refractivity contribution in [2.75, 3.05) is 26.2 Å². The van der Waals surface area contributed by atoms with E-state index in [1.54, 1.807) is 0 Å². The van der Waals surface area contributed by atoms with Crippen LogP contribution in [-0.2, 0) is 4.74 Å². The molecule has 0 amide bonds. The molecule has 15 heavy (non-hydrogen) atoms. The Morgan fingerprint density at radius 3 is 3.33 bits per heavy atom. The maximum atomic E-state index is 5.54. The van der Waals surface area contributed by atoms with Crippen molar-refractivity contribution >= 4 is 5.96 Å². The molecule has 84 valence electrons. The van der Waals surface area contributed by atoms with Gasteiger partial charge in [-0.05, 0) is 12.8 Å². The number of nitrogens with one attached hydrogen (secondary N) is 2. The van der Waals surface area contributed by atoms with Crippen LogP contribution in [0.2, 0.25) is 0 Å². The molecule has 0 radical (unpaired) electrons. The van der Waals surface area contributed by atoms with E-state index in [4.69, 9.17) is 4.74 Å². The van der Waals surface area contributed by atoms with Crippen molar-refractivity contribution in [2.24, 2.45) is 10.9 Å². The first-order chi connectivity index (χ1) is 7.40. The lowest BCUT2D eigenvalue weighted by Gasteiger charge is -2.20. The molecule has 2 N–H and O–H groups in total. The van der Waals surface area contributed by atoms with Crippen LogP contribution >= 0.6 is 0 Å². The van der Waals surface area contributed by atoms with Gasteiger partial charge in [0.05, 0.1) is 6.10 Å². The molecule has 2 aliphatic heterocycles. The minimum Gasteiger partial charge on any atom is -0.374 e. The number of ether oxygens (including phenoxy) is 1. The molecule has 0 aliphatic carbocycles. The molecule has 4 nitrogen and oxygen atoms in total. The molecule has 4 heteroatoms. The fourth-order valence-electron chi connectivity index (χ4n) is 2.01. The number of hydrogen-bond donors (Lipinski definition) is 2. The number of aliphatic imine (C=N–C) groups is 1. The highest BCUT2D eigenvalue weighted by Crippen LogP contribution is 2.20. The van der Waals surface area contributed by atoms with Crippen LogP contribution in [0.25, 0.3) is 0 Å². The van der Waals surface area contributed by atoms with Gasteiger partial charge in [0.2, 0.25) is 0 Å². The molecule has 2 heterocycles. The Labute approximate surface area is 90.8 Å². The Balaban J connectivity index is 1.77. The van der Waals surface area contributed by atoms with Crippen LogP contribution in [0.3, 0.4) is 0 Å². The number of guanidine groups is 1. The van der Waals surface area contributed by atoms with Gasteiger partial charge < -0.3 is 15.4 Å².